The first-order chi connectivity index (χ1) is 4.85. The van der Waals surface area contributed by atoms with Crippen molar-refractivity contribution in [1.29, 1.82) is 0 Å². The van der Waals surface area contributed by atoms with E-state index in [9.17, 15) is 4.79 Å². The molecule has 0 aromatic carbocycles. The van der Waals surface area contributed by atoms with E-state index in [1.165, 1.54) is 12.3 Å². The number of hydrogen-bond acceptors (Lipinski definition) is 2. The van der Waals surface area contributed by atoms with Gasteiger partial charge >= 0.3 is 0 Å². The summed E-state index contributed by atoms with van der Waals surface area (Å²) < 4.78 is 0. The molecule has 0 aromatic heterocycles. The molecular formula is C7H8BNO. The van der Waals surface area contributed by atoms with Crippen molar-refractivity contribution < 1.29 is 4.79 Å². The Morgan fingerprint density at radius 3 is 2.70 bits per heavy atom. The van der Waals surface area contributed by atoms with Crippen molar-refractivity contribution in [3.8, 4) is 0 Å². The zero-order chi connectivity index (χ0) is 7.82. The zero-order valence-electron chi connectivity index (χ0n) is 5.58. The maximum absolute atomic E-state index is 10.2. The van der Waals surface area contributed by atoms with E-state index in [1.807, 2.05) is 0 Å². The van der Waals surface area contributed by atoms with Crippen LogP contribution in [0.3, 0.4) is 0 Å². The first-order valence-electron chi connectivity index (χ1n) is 2.75. The molecule has 0 aliphatic heterocycles. The highest BCUT2D eigenvalue weighted by Crippen LogP contribution is 1.90. The Morgan fingerprint density at radius 2 is 2.30 bits per heavy atom. The summed E-state index contributed by atoms with van der Waals surface area (Å²) in [5, 5.41) is 2.28. The smallest absolute Gasteiger partial charge is 0.221 e. The third kappa shape index (κ3) is 3.72. The van der Waals surface area contributed by atoms with Crippen LogP contribution in [-0.4, -0.2) is 14.3 Å². The summed E-state index contributed by atoms with van der Waals surface area (Å²) in [7, 11) is 4.92. The molecule has 0 saturated heterocycles. The molecule has 0 aliphatic carbocycles. The Morgan fingerprint density at radius 1 is 1.60 bits per heavy atom. The molecule has 0 aliphatic rings. The number of carbonyl (C=O) groups is 1. The van der Waals surface area contributed by atoms with Gasteiger partial charge in [0.25, 0.3) is 0 Å². The van der Waals surface area contributed by atoms with Gasteiger partial charge in [-0.2, -0.15) is 0 Å². The van der Waals surface area contributed by atoms with Crippen LogP contribution >= 0.6 is 0 Å². The van der Waals surface area contributed by atoms with Crippen LogP contribution in [0.1, 0.15) is 0 Å². The van der Waals surface area contributed by atoms with E-state index in [0.717, 1.165) is 6.29 Å². The molecule has 0 atom stereocenters. The standard InChI is InChI=1S/C7H8BNO/c1-2-3-7(6-10)4-5-9-8/h2-6,9H,1H2/b5-4+,7-3+. The van der Waals surface area contributed by atoms with Gasteiger partial charge in [-0.05, 0) is 12.3 Å². The molecule has 0 rings (SSSR count). The molecule has 2 nitrogen and oxygen atoms in total. The molecule has 0 fully saturated rings. The van der Waals surface area contributed by atoms with Gasteiger partial charge in [-0.15, -0.1) is 0 Å². The maximum atomic E-state index is 10.2. The second-order valence-electron chi connectivity index (χ2n) is 1.52. The summed E-state index contributed by atoms with van der Waals surface area (Å²) in [6.07, 6.45) is 6.85. The fraction of sp³-hybridized carbons (Fsp3) is 0. The molecule has 0 saturated carbocycles. The van der Waals surface area contributed by atoms with Crippen LogP contribution in [0, 0.1) is 0 Å². The Bertz CT molecular complexity index is 172. The fourth-order valence-corrected chi connectivity index (χ4v) is 0.415. The van der Waals surface area contributed by atoms with E-state index < -0.39 is 0 Å². The predicted octanol–water partition coefficient (Wildman–Crippen LogP) is 0.484. The lowest BCUT2D eigenvalue weighted by molar-refractivity contribution is -0.104. The highest BCUT2D eigenvalue weighted by molar-refractivity contribution is 6.05. The van der Waals surface area contributed by atoms with Crippen LogP contribution in [0.2, 0.25) is 0 Å². The van der Waals surface area contributed by atoms with Gasteiger partial charge < -0.3 is 5.23 Å². The van der Waals surface area contributed by atoms with Crippen molar-refractivity contribution in [2.45, 2.75) is 0 Å². The predicted molar refractivity (Wildman–Crippen MR) is 42.4 cm³/mol. The van der Waals surface area contributed by atoms with Gasteiger partial charge in [0, 0.05) is 5.57 Å². The summed E-state index contributed by atoms with van der Waals surface area (Å²) in [6, 6.07) is 0. The third-order valence-corrected chi connectivity index (χ3v) is 0.818. The van der Waals surface area contributed by atoms with E-state index >= 15 is 0 Å². The van der Waals surface area contributed by atoms with Crippen LogP contribution < -0.4 is 5.23 Å². The van der Waals surface area contributed by atoms with Crippen LogP contribution in [-0.2, 0) is 4.79 Å². The SMILES string of the molecule is [B]N/C=C/C(C=O)=C\C=C. The Kier molecular flexibility index (Phi) is 5.15. The molecule has 0 amide bonds. The van der Waals surface area contributed by atoms with Crippen LogP contribution in [0.25, 0.3) is 0 Å². The molecule has 50 valence electrons. The highest BCUT2D eigenvalue weighted by atomic mass is 16.1. The summed E-state index contributed by atoms with van der Waals surface area (Å²) in [5.74, 6) is 0. The summed E-state index contributed by atoms with van der Waals surface area (Å²) in [5.41, 5.74) is 0.521. The van der Waals surface area contributed by atoms with Gasteiger partial charge in [0.2, 0.25) is 7.98 Å². The van der Waals surface area contributed by atoms with Gasteiger partial charge in [0.15, 0.2) is 0 Å². The van der Waals surface area contributed by atoms with E-state index in [0.29, 0.717) is 5.57 Å². The molecule has 10 heavy (non-hydrogen) atoms. The van der Waals surface area contributed by atoms with Gasteiger partial charge in [0.1, 0.15) is 6.29 Å². The zero-order valence-corrected chi connectivity index (χ0v) is 5.58. The van der Waals surface area contributed by atoms with Crippen molar-refractivity contribution in [3.05, 3.63) is 36.6 Å². The molecule has 3 heteroatoms. The number of rotatable bonds is 4. The van der Waals surface area contributed by atoms with Crippen LogP contribution in [0.5, 0.6) is 0 Å². The van der Waals surface area contributed by atoms with Gasteiger partial charge in [-0.25, -0.2) is 0 Å². The van der Waals surface area contributed by atoms with E-state index in [2.05, 4.69) is 11.8 Å². The number of aldehydes is 1. The average molecular weight is 133 g/mol. The second kappa shape index (κ2) is 5.88. The molecule has 0 aromatic rings. The van der Waals surface area contributed by atoms with Crippen molar-refractivity contribution >= 4 is 14.3 Å². The lowest BCUT2D eigenvalue weighted by atomic mass is 10.2. The minimum atomic E-state index is 0.521. The monoisotopic (exact) mass is 133 g/mol. The molecule has 0 bridgehead atoms. The van der Waals surface area contributed by atoms with Gasteiger partial charge in [-0.1, -0.05) is 18.7 Å². The minimum Gasteiger partial charge on any atom is -0.443 e. The second-order valence-corrected chi connectivity index (χ2v) is 1.52. The van der Waals surface area contributed by atoms with Gasteiger partial charge in [0.05, 0.1) is 0 Å². The minimum absolute atomic E-state index is 0.521. The summed E-state index contributed by atoms with van der Waals surface area (Å²) in [6.45, 7) is 3.44. The van der Waals surface area contributed by atoms with Crippen molar-refractivity contribution in [2.24, 2.45) is 0 Å². The molecule has 1 N–H and O–H groups in total. The van der Waals surface area contributed by atoms with Crippen molar-refractivity contribution in [1.82, 2.24) is 5.23 Å². The highest BCUT2D eigenvalue weighted by Gasteiger charge is 1.82. The van der Waals surface area contributed by atoms with E-state index in [-0.39, 0.29) is 0 Å². The summed E-state index contributed by atoms with van der Waals surface area (Å²) >= 11 is 0. The number of hydrogen-bond donors (Lipinski definition) is 1. The normalized spacial score (nSPS) is 11.4. The van der Waals surface area contributed by atoms with E-state index in [4.69, 9.17) is 7.98 Å². The Labute approximate surface area is 61.7 Å². The molecule has 0 unspecified atom stereocenters. The summed E-state index contributed by atoms with van der Waals surface area (Å²) in [4.78, 5) is 10.2. The largest absolute Gasteiger partial charge is 0.443 e. The average Bonchev–Trinajstić information content (AvgIpc) is 1.98. The fourth-order valence-electron chi connectivity index (χ4n) is 0.415. The van der Waals surface area contributed by atoms with Crippen molar-refractivity contribution in [3.63, 3.8) is 0 Å². The quantitative estimate of drug-likeness (QED) is 0.261. The Balaban J connectivity index is 4.07. The van der Waals surface area contributed by atoms with Crippen LogP contribution in [0.4, 0.5) is 0 Å². The lowest BCUT2D eigenvalue weighted by Crippen LogP contribution is -1.95. The number of allylic oxidation sites excluding steroid dienone is 4. The third-order valence-electron chi connectivity index (χ3n) is 0.818. The first kappa shape index (κ1) is 8.75. The molecular weight excluding hydrogens is 125 g/mol. The van der Waals surface area contributed by atoms with Crippen molar-refractivity contribution in [2.75, 3.05) is 0 Å². The molecule has 2 radical (unpaired) electrons. The number of carbonyl (C=O) groups excluding carboxylic acids is 1. The first-order valence-corrected chi connectivity index (χ1v) is 2.75. The lowest BCUT2D eigenvalue weighted by Gasteiger charge is -1.86. The topological polar surface area (TPSA) is 29.1 Å². The van der Waals surface area contributed by atoms with E-state index in [1.54, 1.807) is 12.2 Å². The van der Waals surface area contributed by atoms with Crippen LogP contribution in [0.15, 0.2) is 36.6 Å². The van der Waals surface area contributed by atoms with Gasteiger partial charge in [-0.3, -0.25) is 4.79 Å². The molecule has 0 heterocycles. The Hall–Kier alpha value is -1.25. The maximum Gasteiger partial charge on any atom is 0.221 e. The molecule has 0 spiro atoms. The number of nitrogens with one attached hydrogen (secondary N) is 1.